The van der Waals surface area contributed by atoms with Crippen LogP contribution in [0.2, 0.25) is 5.02 Å². The normalized spacial score (nSPS) is 14.8. The minimum atomic E-state index is -0.441. The van der Waals surface area contributed by atoms with Gasteiger partial charge in [0, 0.05) is 10.7 Å². The number of halogens is 2. The summed E-state index contributed by atoms with van der Waals surface area (Å²) in [7, 11) is 0. The molecule has 0 aliphatic carbocycles. The Morgan fingerprint density at radius 3 is 2.68 bits per heavy atom. The highest BCUT2D eigenvalue weighted by Gasteiger charge is 2.22. The van der Waals surface area contributed by atoms with Gasteiger partial charge in [0.1, 0.15) is 5.16 Å². The topological polar surface area (TPSA) is 41.9 Å². The average Bonchev–Trinajstić information content (AvgIpc) is 2.40. The van der Waals surface area contributed by atoms with Crippen molar-refractivity contribution < 1.29 is 9.53 Å². The molecule has 0 N–H and O–H groups in total. The standard InChI is InChI=1S/C13H12Cl2N2O2/c1-2-19-13(18)11-7-17(8-16-12(11)15)10-5-3-9(14)4-6-10/h3-6,8H,2,7H2,1H3. The molecule has 100 valence electrons. The third-order valence-electron chi connectivity index (χ3n) is 2.57. The number of benzene rings is 1. The first-order valence-corrected chi connectivity index (χ1v) is 6.49. The minimum absolute atomic E-state index is 0.170. The van der Waals surface area contributed by atoms with E-state index in [1.165, 1.54) is 0 Å². The van der Waals surface area contributed by atoms with Crippen molar-refractivity contribution >= 4 is 41.2 Å². The second kappa shape index (κ2) is 6.08. The van der Waals surface area contributed by atoms with Crippen molar-refractivity contribution in [3.63, 3.8) is 0 Å². The molecule has 0 saturated carbocycles. The van der Waals surface area contributed by atoms with Crippen LogP contribution in [0.3, 0.4) is 0 Å². The zero-order chi connectivity index (χ0) is 13.8. The van der Waals surface area contributed by atoms with Gasteiger partial charge < -0.3 is 9.64 Å². The number of hydrogen-bond acceptors (Lipinski definition) is 4. The van der Waals surface area contributed by atoms with Crippen molar-refractivity contribution in [2.24, 2.45) is 4.99 Å². The van der Waals surface area contributed by atoms with Crippen molar-refractivity contribution in [3.8, 4) is 0 Å². The van der Waals surface area contributed by atoms with Gasteiger partial charge >= 0.3 is 5.97 Å². The van der Waals surface area contributed by atoms with E-state index in [4.69, 9.17) is 27.9 Å². The maximum Gasteiger partial charge on any atom is 0.338 e. The van der Waals surface area contributed by atoms with Crippen LogP contribution >= 0.6 is 23.2 Å². The quantitative estimate of drug-likeness (QED) is 0.636. The average molecular weight is 299 g/mol. The molecule has 0 atom stereocenters. The summed E-state index contributed by atoms with van der Waals surface area (Å²) in [5.74, 6) is -0.441. The molecule has 0 spiro atoms. The molecule has 0 bridgehead atoms. The molecular weight excluding hydrogens is 287 g/mol. The van der Waals surface area contributed by atoms with Crippen LogP contribution < -0.4 is 4.90 Å². The summed E-state index contributed by atoms with van der Waals surface area (Å²) < 4.78 is 4.95. The fraction of sp³-hybridized carbons (Fsp3) is 0.231. The number of carbonyl (C=O) groups excluding carboxylic acids is 1. The van der Waals surface area contributed by atoms with Crippen molar-refractivity contribution in [3.05, 3.63) is 40.0 Å². The van der Waals surface area contributed by atoms with Gasteiger partial charge in [-0.25, -0.2) is 9.79 Å². The highest BCUT2D eigenvalue weighted by molar-refractivity contribution is 6.32. The highest BCUT2D eigenvalue weighted by Crippen LogP contribution is 2.23. The molecule has 19 heavy (non-hydrogen) atoms. The molecule has 1 aliphatic rings. The van der Waals surface area contributed by atoms with E-state index in [-0.39, 0.29) is 5.16 Å². The van der Waals surface area contributed by atoms with E-state index in [9.17, 15) is 4.79 Å². The van der Waals surface area contributed by atoms with Crippen molar-refractivity contribution in [2.45, 2.75) is 6.92 Å². The summed E-state index contributed by atoms with van der Waals surface area (Å²) in [6, 6.07) is 7.23. The zero-order valence-electron chi connectivity index (χ0n) is 10.3. The molecule has 4 nitrogen and oxygen atoms in total. The van der Waals surface area contributed by atoms with Gasteiger partial charge in [0.05, 0.1) is 25.1 Å². The molecule has 1 aromatic carbocycles. The number of nitrogens with zero attached hydrogens (tertiary/aromatic N) is 2. The minimum Gasteiger partial charge on any atom is -0.462 e. The summed E-state index contributed by atoms with van der Waals surface area (Å²) in [6.07, 6.45) is 1.58. The van der Waals surface area contributed by atoms with E-state index in [0.717, 1.165) is 5.69 Å². The lowest BCUT2D eigenvalue weighted by molar-refractivity contribution is -0.138. The number of anilines is 1. The Morgan fingerprint density at radius 1 is 1.37 bits per heavy atom. The molecule has 0 fully saturated rings. The van der Waals surface area contributed by atoms with E-state index in [2.05, 4.69) is 4.99 Å². The maximum atomic E-state index is 11.8. The largest absolute Gasteiger partial charge is 0.462 e. The van der Waals surface area contributed by atoms with E-state index < -0.39 is 5.97 Å². The Hall–Kier alpha value is -1.52. The monoisotopic (exact) mass is 298 g/mol. The summed E-state index contributed by atoms with van der Waals surface area (Å²) in [5.41, 5.74) is 1.22. The summed E-state index contributed by atoms with van der Waals surface area (Å²) in [4.78, 5) is 17.6. The Balaban J connectivity index is 2.19. The second-order valence-electron chi connectivity index (χ2n) is 3.84. The van der Waals surface area contributed by atoms with Crippen LogP contribution in [0.5, 0.6) is 0 Å². The first kappa shape index (κ1) is 13.9. The number of esters is 1. The third-order valence-corrected chi connectivity index (χ3v) is 3.15. The molecule has 1 heterocycles. The molecule has 0 radical (unpaired) electrons. The molecule has 2 rings (SSSR count). The van der Waals surface area contributed by atoms with Gasteiger partial charge in [0.25, 0.3) is 0 Å². The summed E-state index contributed by atoms with van der Waals surface area (Å²) in [5, 5.41) is 0.820. The molecule has 1 aromatic rings. The smallest absolute Gasteiger partial charge is 0.338 e. The van der Waals surface area contributed by atoms with Gasteiger partial charge in [-0.2, -0.15) is 0 Å². The van der Waals surface area contributed by atoms with Crippen molar-refractivity contribution in [1.82, 2.24) is 0 Å². The van der Waals surface area contributed by atoms with Gasteiger partial charge in [-0.05, 0) is 31.2 Å². The van der Waals surface area contributed by atoms with Crippen LogP contribution in [-0.2, 0) is 9.53 Å². The van der Waals surface area contributed by atoms with Crippen molar-refractivity contribution in [2.75, 3.05) is 18.1 Å². The number of carbonyl (C=O) groups is 1. The highest BCUT2D eigenvalue weighted by atomic mass is 35.5. The molecule has 0 unspecified atom stereocenters. The number of ether oxygens (including phenoxy) is 1. The summed E-state index contributed by atoms with van der Waals surface area (Å²) in [6.45, 7) is 2.37. The van der Waals surface area contributed by atoms with Gasteiger partial charge in [-0.15, -0.1) is 0 Å². The van der Waals surface area contributed by atoms with E-state index >= 15 is 0 Å². The molecular formula is C13H12Cl2N2O2. The maximum absolute atomic E-state index is 11.8. The molecule has 1 aliphatic heterocycles. The van der Waals surface area contributed by atoms with E-state index in [1.807, 2.05) is 12.1 Å². The van der Waals surface area contributed by atoms with E-state index in [1.54, 1.807) is 30.3 Å². The Labute approximate surface area is 121 Å². The van der Waals surface area contributed by atoms with Crippen LogP contribution in [-0.4, -0.2) is 25.5 Å². The van der Waals surface area contributed by atoms with Gasteiger partial charge in [-0.3, -0.25) is 0 Å². The number of aliphatic imine (C=N–C) groups is 1. The number of hydrogen-bond donors (Lipinski definition) is 0. The SMILES string of the molecule is CCOC(=O)C1=C(Cl)N=CN(c2ccc(Cl)cc2)C1. The van der Waals surface area contributed by atoms with E-state index in [0.29, 0.717) is 23.7 Å². The third kappa shape index (κ3) is 3.28. The Bertz CT molecular complexity index is 538. The summed E-state index contributed by atoms with van der Waals surface area (Å²) >= 11 is 11.8. The fourth-order valence-corrected chi connectivity index (χ4v) is 1.94. The van der Waals surface area contributed by atoms with Crippen LogP contribution in [0.4, 0.5) is 5.69 Å². The lowest BCUT2D eigenvalue weighted by Gasteiger charge is -2.24. The van der Waals surface area contributed by atoms with Crippen LogP contribution in [0, 0.1) is 0 Å². The lowest BCUT2D eigenvalue weighted by atomic mass is 10.2. The lowest BCUT2D eigenvalue weighted by Crippen LogP contribution is -2.30. The Kier molecular flexibility index (Phi) is 4.45. The van der Waals surface area contributed by atoms with Gasteiger partial charge in [0.2, 0.25) is 0 Å². The van der Waals surface area contributed by atoms with Gasteiger partial charge in [-0.1, -0.05) is 23.2 Å². The number of rotatable bonds is 3. The molecule has 0 aromatic heterocycles. The molecule has 0 amide bonds. The fourth-order valence-electron chi connectivity index (χ4n) is 1.63. The predicted octanol–water partition coefficient (Wildman–Crippen LogP) is 3.20. The zero-order valence-corrected chi connectivity index (χ0v) is 11.8. The first-order valence-electron chi connectivity index (χ1n) is 5.74. The Morgan fingerprint density at radius 2 is 2.05 bits per heavy atom. The van der Waals surface area contributed by atoms with Crippen LogP contribution in [0.25, 0.3) is 0 Å². The molecule has 0 saturated heterocycles. The van der Waals surface area contributed by atoms with Gasteiger partial charge in [0.15, 0.2) is 0 Å². The van der Waals surface area contributed by atoms with Crippen LogP contribution in [0.1, 0.15) is 6.92 Å². The van der Waals surface area contributed by atoms with Crippen molar-refractivity contribution in [1.29, 1.82) is 0 Å². The first-order chi connectivity index (χ1) is 9.11. The predicted molar refractivity (Wildman–Crippen MR) is 76.8 cm³/mol. The van der Waals surface area contributed by atoms with Crippen LogP contribution in [0.15, 0.2) is 40.0 Å². The second-order valence-corrected chi connectivity index (χ2v) is 4.63. The molecule has 6 heteroatoms.